The molecule has 0 aliphatic heterocycles. The zero-order chi connectivity index (χ0) is 16.8. The van der Waals surface area contributed by atoms with E-state index in [2.05, 4.69) is 25.6 Å². The number of carbonyl (C=O) groups excluding carboxylic acids is 2. The third-order valence-corrected chi connectivity index (χ3v) is 3.12. The minimum absolute atomic E-state index is 0.0575. The Morgan fingerprint density at radius 2 is 1.46 bits per heavy atom. The average Bonchev–Trinajstić information content (AvgIpc) is 2.63. The summed E-state index contributed by atoms with van der Waals surface area (Å²) in [5.41, 5.74) is 1.22. The van der Waals surface area contributed by atoms with Crippen molar-refractivity contribution in [2.75, 3.05) is 10.6 Å². The molecule has 0 aliphatic rings. The number of hydrogen-bond acceptors (Lipinski definition) is 5. The van der Waals surface area contributed by atoms with Crippen molar-refractivity contribution in [3.63, 3.8) is 0 Å². The van der Waals surface area contributed by atoms with Crippen molar-refractivity contribution in [1.82, 2.24) is 15.0 Å². The van der Waals surface area contributed by atoms with Crippen LogP contribution in [0.5, 0.6) is 0 Å². The highest BCUT2D eigenvalue weighted by atomic mass is 16.2. The number of aromatic nitrogens is 3. The molecule has 1 heterocycles. The van der Waals surface area contributed by atoms with Gasteiger partial charge in [-0.2, -0.15) is 15.0 Å². The molecule has 3 rings (SSSR count). The molecule has 0 saturated heterocycles. The summed E-state index contributed by atoms with van der Waals surface area (Å²) in [4.78, 5) is 35.3. The summed E-state index contributed by atoms with van der Waals surface area (Å²) in [5.74, 6) is 0.112. The Morgan fingerprint density at radius 1 is 0.833 bits per heavy atom. The lowest BCUT2D eigenvalue weighted by Crippen LogP contribution is -2.16. The normalized spacial score (nSPS) is 10.0. The molecule has 2 amide bonds. The molecular formula is C17H13N5O2. The summed E-state index contributed by atoms with van der Waals surface area (Å²) in [6, 6.07) is 17.9. The van der Waals surface area contributed by atoms with Gasteiger partial charge in [-0.05, 0) is 12.1 Å². The Hall–Kier alpha value is -3.61. The third kappa shape index (κ3) is 3.58. The van der Waals surface area contributed by atoms with Gasteiger partial charge in [0.15, 0.2) is 5.82 Å². The molecule has 1 aromatic heterocycles. The Balaban J connectivity index is 1.93. The summed E-state index contributed by atoms with van der Waals surface area (Å²) in [5, 5.41) is 4.99. The molecule has 2 N–H and O–H groups in total. The fraction of sp³-hybridized carbons (Fsp3) is 0. The van der Waals surface area contributed by atoms with Gasteiger partial charge in [0.2, 0.25) is 18.3 Å². The maximum absolute atomic E-state index is 12.2. The van der Waals surface area contributed by atoms with Crippen LogP contribution in [0.3, 0.4) is 0 Å². The highest BCUT2D eigenvalue weighted by Gasteiger charge is 2.12. The van der Waals surface area contributed by atoms with Crippen LogP contribution in [-0.4, -0.2) is 27.3 Å². The average molecular weight is 319 g/mol. The van der Waals surface area contributed by atoms with E-state index in [1.807, 2.05) is 36.4 Å². The number of carbonyl (C=O) groups is 2. The van der Waals surface area contributed by atoms with E-state index in [1.54, 1.807) is 24.3 Å². The first-order valence-corrected chi connectivity index (χ1v) is 7.14. The van der Waals surface area contributed by atoms with E-state index in [4.69, 9.17) is 0 Å². The minimum atomic E-state index is -0.349. The molecule has 0 bridgehead atoms. The largest absolute Gasteiger partial charge is 0.297 e. The number of amides is 2. The Morgan fingerprint density at radius 3 is 2.12 bits per heavy atom. The van der Waals surface area contributed by atoms with Crippen molar-refractivity contribution < 1.29 is 9.59 Å². The molecule has 2 aromatic carbocycles. The van der Waals surface area contributed by atoms with Crippen LogP contribution in [0.2, 0.25) is 0 Å². The molecule has 3 aromatic rings. The molecule has 24 heavy (non-hydrogen) atoms. The number of anilines is 2. The first kappa shape index (κ1) is 15.3. The van der Waals surface area contributed by atoms with Crippen molar-refractivity contribution in [2.24, 2.45) is 0 Å². The van der Waals surface area contributed by atoms with Crippen LogP contribution in [0, 0.1) is 0 Å². The van der Waals surface area contributed by atoms with Crippen LogP contribution < -0.4 is 10.6 Å². The maximum atomic E-state index is 12.2. The monoisotopic (exact) mass is 319 g/mol. The minimum Gasteiger partial charge on any atom is -0.297 e. The first-order chi connectivity index (χ1) is 11.8. The van der Waals surface area contributed by atoms with Crippen molar-refractivity contribution in [1.29, 1.82) is 0 Å². The zero-order valence-corrected chi connectivity index (χ0v) is 12.5. The van der Waals surface area contributed by atoms with Gasteiger partial charge < -0.3 is 0 Å². The molecule has 0 aliphatic carbocycles. The third-order valence-electron chi connectivity index (χ3n) is 3.12. The quantitative estimate of drug-likeness (QED) is 0.704. The summed E-state index contributed by atoms with van der Waals surface area (Å²) >= 11 is 0. The summed E-state index contributed by atoms with van der Waals surface area (Å²) in [6.07, 6.45) is 0.465. The van der Waals surface area contributed by atoms with Gasteiger partial charge in [0.25, 0.3) is 5.91 Å². The molecule has 0 radical (unpaired) electrons. The molecule has 7 nitrogen and oxygen atoms in total. The van der Waals surface area contributed by atoms with E-state index in [0.29, 0.717) is 17.8 Å². The molecule has 0 unspecified atom stereocenters. The van der Waals surface area contributed by atoms with E-state index in [-0.39, 0.29) is 17.8 Å². The van der Waals surface area contributed by atoms with E-state index < -0.39 is 0 Å². The first-order valence-electron chi connectivity index (χ1n) is 7.14. The Labute approximate surface area is 137 Å². The topological polar surface area (TPSA) is 96.9 Å². The molecule has 0 atom stereocenters. The summed E-state index contributed by atoms with van der Waals surface area (Å²) in [7, 11) is 0. The predicted molar refractivity (Wildman–Crippen MR) is 89.3 cm³/mol. The van der Waals surface area contributed by atoms with Crippen molar-refractivity contribution in [2.45, 2.75) is 0 Å². The van der Waals surface area contributed by atoms with Crippen LogP contribution in [0.15, 0.2) is 60.7 Å². The molecule has 0 spiro atoms. The molecular weight excluding hydrogens is 306 g/mol. The SMILES string of the molecule is O=CNc1nc(NC(=O)c2ccccc2)nc(-c2ccccc2)n1. The highest BCUT2D eigenvalue weighted by Crippen LogP contribution is 2.17. The number of rotatable bonds is 5. The highest BCUT2D eigenvalue weighted by molar-refractivity contribution is 6.03. The lowest BCUT2D eigenvalue weighted by molar-refractivity contribution is -0.105. The van der Waals surface area contributed by atoms with Gasteiger partial charge in [-0.25, -0.2) is 0 Å². The fourth-order valence-corrected chi connectivity index (χ4v) is 2.03. The van der Waals surface area contributed by atoms with Gasteiger partial charge in [0, 0.05) is 11.1 Å². The lowest BCUT2D eigenvalue weighted by Gasteiger charge is -2.08. The molecule has 0 fully saturated rings. The smallest absolute Gasteiger partial charge is 0.258 e. The van der Waals surface area contributed by atoms with Gasteiger partial charge in [-0.15, -0.1) is 0 Å². The maximum Gasteiger partial charge on any atom is 0.258 e. The number of hydrogen-bond donors (Lipinski definition) is 2. The van der Waals surface area contributed by atoms with E-state index >= 15 is 0 Å². The van der Waals surface area contributed by atoms with Crippen LogP contribution in [0.1, 0.15) is 10.4 Å². The van der Waals surface area contributed by atoms with E-state index in [9.17, 15) is 9.59 Å². The number of nitrogens with one attached hydrogen (secondary N) is 2. The van der Waals surface area contributed by atoms with Crippen LogP contribution in [-0.2, 0) is 4.79 Å². The van der Waals surface area contributed by atoms with Crippen LogP contribution in [0.4, 0.5) is 11.9 Å². The van der Waals surface area contributed by atoms with Gasteiger partial charge >= 0.3 is 0 Å². The molecule has 0 saturated carbocycles. The second-order valence-electron chi connectivity index (χ2n) is 4.75. The van der Waals surface area contributed by atoms with Gasteiger partial charge in [0.1, 0.15) is 0 Å². The number of benzene rings is 2. The van der Waals surface area contributed by atoms with Crippen molar-refractivity contribution in [3.05, 3.63) is 66.2 Å². The predicted octanol–water partition coefficient (Wildman–Crippen LogP) is 2.36. The fourth-order valence-electron chi connectivity index (χ4n) is 2.03. The van der Waals surface area contributed by atoms with Gasteiger partial charge in [-0.3, -0.25) is 20.2 Å². The Kier molecular flexibility index (Phi) is 4.52. The van der Waals surface area contributed by atoms with Crippen molar-refractivity contribution in [3.8, 4) is 11.4 Å². The Bertz CT molecular complexity index is 853. The zero-order valence-electron chi connectivity index (χ0n) is 12.5. The standard InChI is InChI=1S/C17H13N5O2/c23-11-18-16-19-14(12-7-3-1-4-8-12)20-17(22-16)21-15(24)13-9-5-2-6-10-13/h1-11H,(H2,18,19,20,21,22,23,24). The second kappa shape index (κ2) is 7.10. The van der Waals surface area contributed by atoms with Crippen LogP contribution >= 0.6 is 0 Å². The molecule has 118 valence electrons. The molecule has 7 heteroatoms. The van der Waals surface area contributed by atoms with Crippen LogP contribution in [0.25, 0.3) is 11.4 Å². The van der Waals surface area contributed by atoms with E-state index in [1.165, 1.54) is 0 Å². The summed E-state index contributed by atoms with van der Waals surface area (Å²) < 4.78 is 0. The van der Waals surface area contributed by atoms with Gasteiger partial charge in [0.05, 0.1) is 0 Å². The van der Waals surface area contributed by atoms with E-state index in [0.717, 1.165) is 5.56 Å². The lowest BCUT2D eigenvalue weighted by atomic mass is 10.2. The van der Waals surface area contributed by atoms with Gasteiger partial charge in [-0.1, -0.05) is 48.5 Å². The second-order valence-corrected chi connectivity index (χ2v) is 4.75. The van der Waals surface area contributed by atoms with Crippen molar-refractivity contribution >= 4 is 24.2 Å². The number of nitrogens with zero attached hydrogens (tertiary/aromatic N) is 3. The summed E-state index contributed by atoms with van der Waals surface area (Å²) in [6.45, 7) is 0.